The maximum atomic E-state index is 12.1. The van der Waals surface area contributed by atoms with E-state index in [1.165, 1.54) is 16.0 Å². The van der Waals surface area contributed by atoms with Gasteiger partial charge in [-0.3, -0.25) is 9.69 Å². The highest BCUT2D eigenvalue weighted by molar-refractivity contribution is 7.79. The van der Waals surface area contributed by atoms with Gasteiger partial charge in [-0.1, -0.05) is 58.9 Å². The maximum Gasteiger partial charge on any atom is 0.225 e. The molecule has 146 valence electrons. The molecule has 1 N–H and O–H groups in total. The molecule has 0 spiro atoms. The van der Waals surface area contributed by atoms with E-state index in [-0.39, 0.29) is 11.8 Å². The van der Waals surface area contributed by atoms with Crippen LogP contribution in [0.1, 0.15) is 35.4 Å². The Labute approximate surface area is 173 Å². The van der Waals surface area contributed by atoms with Crippen molar-refractivity contribution in [2.24, 2.45) is 5.92 Å². The van der Waals surface area contributed by atoms with Gasteiger partial charge in [-0.05, 0) is 24.1 Å². The molecule has 1 saturated heterocycles. The fourth-order valence-corrected chi connectivity index (χ4v) is 6.02. The average Bonchev–Trinajstić information content (AvgIpc) is 2.96. The first kappa shape index (κ1) is 20.5. The number of hydrogen-bond donors (Lipinski definition) is 1. The summed E-state index contributed by atoms with van der Waals surface area (Å²) < 4.78 is 0.970. The first-order chi connectivity index (χ1) is 12.8. The van der Waals surface area contributed by atoms with Gasteiger partial charge in [-0.2, -0.15) is 0 Å². The Kier molecular flexibility index (Phi) is 6.68. The van der Waals surface area contributed by atoms with Crippen molar-refractivity contribution in [3.05, 3.63) is 43.6 Å². The van der Waals surface area contributed by atoms with Gasteiger partial charge in [0.2, 0.25) is 5.91 Å². The lowest BCUT2D eigenvalue weighted by Crippen LogP contribution is -2.49. The molecule has 1 aromatic heterocycles. The number of benzene rings is 1. The number of phenols is 1. The summed E-state index contributed by atoms with van der Waals surface area (Å²) in [6.07, 6.45) is 0.814. The van der Waals surface area contributed by atoms with Crippen LogP contribution in [-0.4, -0.2) is 47.0 Å². The van der Waals surface area contributed by atoms with E-state index >= 15 is 0 Å². The van der Waals surface area contributed by atoms with Gasteiger partial charge in [0.25, 0.3) is 0 Å². The van der Waals surface area contributed by atoms with E-state index in [2.05, 4.69) is 17.9 Å². The number of phenolic OH excluding ortho intramolecular Hbond substituents is 1. The Morgan fingerprint density at radius 2 is 1.93 bits per heavy atom. The summed E-state index contributed by atoms with van der Waals surface area (Å²) in [5.41, 5.74) is 3.35. The lowest BCUT2D eigenvalue weighted by atomic mass is 10.0. The van der Waals surface area contributed by atoms with E-state index in [0.29, 0.717) is 12.3 Å². The molecule has 2 heterocycles. The Hall–Kier alpha value is -1.28. The Balaban J connectivity index is 1.66. The molecule has 3 rings (SSSR count). The van der Waals surface area contributed by atoms with Crippen molar-refractivity contribution in [3.63, 3.8) is 0 Å². The third-order valence-electron chi connectivity index (χ3n) is 5.01. The Morgan fingerprint density at radius 3 is 2.52 bits per heavy atom. The van der Waals surface area contributed by atoms with Gasteiger partial charge in [-0.25, -0.2) is 0 Å². The summed E-state index contributed by atoms with van der Waals surface area (Å²) >= 11 is 5.45. The molecule has 1 aliphatic heterocycles. The lowest BCUT2D eigenvalue weighted by molar-refractivity contribution is -0.136. The molecule has 0 aliphatic carbocycles. The number of aromatic hydroxyl groups is 1. The molecule has 0 atom stereocenters. The van der Waals surface area contributed by atoms with Crippen LogP contribution in [0.5, 0.6) is 5.75 Å². The SMILES string of the molecule is Cc1ssc(=S)c1Cc1ccc(O)c(CN2CCN(C(=O)C(C)C)CC2)c1. The molecule has 1 aliphatic rings. The quantitative estimate of drug-likeness (QED) is 0.571. The minimum Gasteiger partial charge on any atom is -0.508 e. The van der Waals surface area contributed by atoms with Crippen molar-refractivity contribution in [1.29, 1.82) is 0 Å². The van der Waals surface area contributed by atoms with Crippen LogP contribution in [0.25, 0.3) is 0 Å². The van der Waals surface area contributed by atoms with Crippen LogP contribution in [0.2, 0.25) is 0 Å². The molecular weight excluding hydrogens is 396 g/mol. The second-order valence-corrected chi connectivity index (χ2v) is 10.4. The van der Waals surface area contributed by atoms with Crippen LogP contribution in [0.15, 0.2) is 18.2 Å². The fraction of sp³-hybridized carbons (Fsp3) is 0.500. The number of carbonyl (C=O) groups is 1. The summed E-state index contributed by atoms with van der Waals surface area (Å²) in [6, 6.07) is 5.86. The summed E-state index contributed by atoms with van der Waals surface area (Å²) in [4.78, 5) is 17.7. The minimum absolute atomic E-state index is 0.0491. The van der Waals surface area contributed by atoms with Crippen LogP contribution in [-0.2, 0) is 17.8 Å². The zero-order chi connectivity index (χ0) is 19.6. The predicted molar refractivity (Wildman–Crippen MR) is 115 cm³/mol. The van der Waals surface area contributed by atoms with Crippen LogP contribution < -0.4 is 0 Å². The highest BCUT2D eigenvalue weighted by atomic mass is 32.9. The first-order valence-electron chi connectivity index (χ1n) is 9.25. The van der Waals surface area contributed by atoms with Crippen molar-refractivity contribution in [3.8, 4) is 5.75 Å². The summed E-state index contributed by atoms with van der Waals surface area (Å²) in [7, 11) is 3.40. The minimum atomic E-state index is 0.0491. The van der Waals surface area contributed by atoms with Gasteiger partial charge < -0.3 is 10.0 Å². The highest BCUT2D eigenvalue weighted by Gasteiger charge is 2.23. The molecular formula is C20H26N2O2S3. The molecule has 1 fully saturated rings. The second kappa shape index (κ2) is 8.82. The van der Waals surface area contributed by atoms with Gasteiger partial charge in [0, 0.05) is 55.5 Å². The molecule has 27 heavy (non-hydrogen) atoms. The highest BCUT2D eigenvalue weighted by Crippen LogP contribution is 2.28. The molecule has 0 radical (unpaired) electrons. The number of rotatable bonds is 5. The number of carbonyl (C=O) groups excluding carboxylic acids is 1. The van der Waals surface area contributed by atoms with Crippen LogP contribution in [0.4, 0.5) is 0 Å². The molecule has 1 aromatic carbocycles. The fourth-order valence-electron chi connectivity index (χ4n) is 3.35. The Bertz CT molecular complexity index is 864. The third kappa shape index (κ3) is 4.96. The number of hydrogen-bond acceptors (Lipinski definition) is 6. The summed E-state index contributed by atoms with van der Waals surface area (Å²) in [5, 5.41) is 10.3. The van der Waals surface area contributed by atoms with E-state index in [1.807, 2.05) is 24.8 Å². The van der Waals surface area contributed by atoms with Crippen molar-refractivity contribution in [1.82, 2.24) is 9.80 Å². The van der Waals surface area contributed by atoms with Crippen LogP contribution in [0.3, 0.4) is 0 Å². The zero-order valence-electron chi connectivity index (χ0n) is 16.0. The topological polar surface area (TPSA) is 43.8 Å². The van der Waals surface area contributed by atoms with Gasteiger partial charge in [0.1, 0.15) is 9.57 Å². The van der Waals surface area contributed by atoms with Gasteiger partial charge in [0.15, 0.2) is 0 Å². The molecule has 0 bridgehead atoms. The second-order valence-electron chi connectivity index (χ2n) is 7.38. The van der Waals surface area contributed by atoms with E-state index in [9.17, 15) is 9.90 Å². The standard InChI is InChI=1S/C20H26N2O2S3/c1-13(2)19(24)22-8-6-21(7-9-22)12-16-10-15(4-5-18(16)23)11-17-14(3)26-27-20(17)25/h4-5,10,13,23H,6-9,11-12H2,1-3H3. The smallest absolute Gasteiger partial charge is 0.225 e. The summed E-state index contributed by atoms with van der Waals surface area (Å²) in [6.45, 7) is 9.90. The predicted octanol–water partition coefficient (Wildman–Crippen LogP) is 4.44. The molecule has 0 saturated carbocycles. The van der Waals surface area contributed by atoms with Crippen LogP contribution in [0, 0.1) is 16.7 Å². The van der Waals surface area contributed by atoms with Crippen molar-refractivity contribution >= 4 is 38.8 Å². The Morgan fingerprint density at radius 1 is 1.22 bits per heavy atom. The molecule has 4 nitrogen and oxygen atoms in total. The van der Waals surface area contributed by atoms with Crippen LogP contribution >= 0.6 is 32.9 Å². The largest absolute Gasteiger partial charge is 0.508 e. The molecule has 2 aromatic rings. The zero-order valence-corrected chi connectivity index (χ0v) is 18.5. The number of amides is 1. The van der Waals surface area contributed by atoms with Gasteiger partial charge >= 0.3 is 0 Å². The normalized spacial score (nSPS) is 15.5. The van der Waals surface area contributed by atoms with Gasteiger partial charge in [0.05, 0.1) is 0 Å². The van der Waals surface area contributed by atoms with Gasteiger partial charge in [-0.15, -0.1) is 0 Å². The number of piperazine rings is 1. The molecule has 7 heteroatoms. The molecule has 1 amide bonds. The number of nitrogens with zero attached hydrogens (tertiary/aromatic N) is 2. The van der Waals surface area contributed by atoms with Crippen molar-refractivity contribution in [2.75, 3.05) is 26.2 Å². The van der Waals surface area contributed by atoms with E-state index < -0.39 is 0 Å². The number of aryl methyl sites for hydroxylation is 1. The van der Waals surface area contributed by atoms with Crippen molar-refractivity contribution in [2.45, 2.75) is 33.7 Å². The van der Waals surface area contributed by atoms with Crippen molar-refractivity contribution < 1.29 is 9.90 Å². The summed E-state index contributed by atoms with van der Waals surface area (Å²) in [5.74, 6) is 0.613. The van der Waals surface area contributed by atoms with E-state index in [1.54, 1.807) is 26.7 Å². The third-order valence-corrected chi connectivity index (χ3v) is 8.30. The monoisotopic (exact) mass is 422 g/mol. The lowest BCUT2D eigenvalue weighted by Gasteiger charge is -2.35. The molecule has 0 unspecified atom stereocenters. The first-order valence-corrected chi connectivity index (χ1v) is 11.8. The average molecular weight is 423 g/mol. The van der Waals surface area contributed by atoms with E-state index in [4.69, 9.17) is 12.2 Å². The van der Waals surface area contributed by atoms with E-state index in [0.717, 1.165) is 42.0 Å². The maximum absolute atomic E-state index is 12.1.